The summed E-state index contributed by atoms with van der Waals surface area (Å²) in [5.41, 5.74) is 1.01. The van der Waals surface area contributed by atoms with Crippen molar-refractivity contribution in [1.29, 1.82) is 5.26 Å². The number of carbonyl (C=O) groups is 1. The van der Waals surface area contributed by atoms with E-state index in [9.17, 15) is 10.1 Å². The maximum atomic E-state index is 12.7. The Morgan fingerprint density at radius 2 is 1.83 bits per heavy atom. The quantitative estimate of drug-likeness (QED) is 0.334. The number of nitriles is 1. The fraction of sp³-hybridized carbons (Fsp3) is 0.100. The van der Waals surface area contributed by atoms with Gasteiger partial charge in [0.1, 0.15) is 29.7 Å². The zero-order chi connectivity index (χ0) is 17.4. The number of para-hydroxylation sites is 2. The first kappa shape index (κ1) is 17.0. The van der Waals surface area contributed by atoms with Crippen LogP contribution in [0.3, 0.4) is 0 Å². The second-order valence-corrected chi connectivity index (χ2v) is 4.84. The predicted molar refractivity (Wildman–Crippen MR) is 93.0 cm³/mol. The molecule has 2 rings (SSSR count). The van der Waals surface area contributed by atoms with E-state index in [2.05, 4.69) is 6.58 Å². The summed E-state index contributed by atoms with van der Waals surface area (Å²) in [4.78, 5) is 12.7. The molecule has 0 radical (unpaired) electrons. The molecule has 2 aromatic rings. The van der Waals surface area contributed by atoms with Crippen LogP contribution in [0.15, 0.2) is 66.8 Å². The first-order valence-electron chi connectivity index (χ1n) is 7.33. The molecule has 24 heavy (non-hydrogen) atoms. The summed E-state index contributed by atoms with van der Waals surface area (Å²) in [6.07, 6.45) is 3.15. The van der Waals surface area contributed by atoms with E-state index in [4.69, 9.17) is 9.47 Å². The molecule has 0 fully saturated rings. The average molecular weight is 319 g/mol. The molecule has 0 atom stereocenters. The first-order valence-corrected chi connectivity index (χ1v) is 7.33. The van der Waals surface area contributed by atoms with Gasteiger partial charge in [0, 0.05) is 5.56 Å². The summed E-state index contributed by atoms with van der Waals surface area (Å²) in [5.74, 6) is 0.617. The van der Waals surface area contributed by atoms with E-state index in [0.29, 0.717) is 29.2 Å². The van der Waals surface area contributed by atoms with Gasteiger partial charge in [-0.2, -0.15) is 5.26 Å². The molecule has 0 aliphatic rings. The van der Waals surface area contributed by atoms with Crippen LogP contribution in [-0.2, 0) is 0 Å². The molecule has 0 aliphatic carbocycles. The molecule has 4 heteroatoms. The molecule has 0 heterocycles. The van der Waals surface area contributed by atoms with Gasteiger partial charge in [-0.25, -0.2) is 0 Å². The van der Waals surface area contributed by atoms with Crippen molar-refractivity contribution in [2.75, 3.05) is 13.7 Å². The molecule has 4 nitrogen and oxygen atoms in total. The highest BCUT2D eigenvalue weighted by Crippen LogP contribution is 2.25. The number of carbonyl (C=O) groups excluding carboxylic acids is 1. The molecular weight excluding hydrogens is 302 g/mol. The summed E-state index contributed by atoms with van der Waals surface area (Å²) in [7, 11) is 1.49. The number of allylic oxidation sites excluding steroid dienone is 1. The molecule has 0 bridgehead atoms. The van der Waals surface area contributed by atoms with E-state index in [1.807, 2.05) is 18.2 Å². The van der Waals surface area contributed by atoms with Crippen molar-refractivity contribution >= 4 is 11.9 Å². The SMILES string of the molecule is C=CCOc1ccccc1/C=C(\C#N)C(=O)c1ccccc1OC. The fourth-order valence-corrected chi connectivity index (χ4v) is 2.16. The normalized spacial score (nSPS) is 10.6. The summed E-state index contributed by atoms with van der Waals surface area (Å²) in [6, 6.07) is 16.0. The first-order chi connectivity index (χ1) is 11.7. The molecule has 0 spiro atoms. The predicted octanol–water partition coefficient (Wildman–Crippen LogP) is 4.05. The number of rotatable bonds is 7. The highest BCUT2D eigenvalue weighted by molar-refractivity contribution is 6.15. The van der Waals surface area contributed by atoms with Crippen LogP contribution in [0.1, 0.15) is 15.9 Å². The van der Waals surface area contributed by atoms with Gasteiger partial charge in [-0.05, 0) is 24.3 Å². The minimum Gasteiger partial charge on any atom is -0.496 e. The molecule has 2 aromatic carbocycles. The lowest BCUT2D eigenvalue weighted by Crippen LogP contribution is -2.04. The van der Waals surface area contributed by atoms with E-state index in [1.165, 1.54) is 13.2 Å². The molecule has 0 N–H and O–H groups in total. The third kappa shape index (κ3) is 3.90. The molecule has 0 aromatic heterocycles. The summed E-state index contributed by atoms with van der Waals surface area (Å²) in [5, 5.41) is 9.41. The Morgan fingerprint density at radius 1 is 1.17 bits per heavy atom. The van der Waals surface area contributed by atoms with E-state index >= 15 is 0 Å². The maximum absolute atomic E-state index is 12.7. The average Bonchev–Trinajstić information content (AvgIpc) is 2.64. The van der Waals surface area contributed by atoms with E-state index in [0.717, 1.165) is 0 Å². The van der Waals surface area contributed by atoms with Crippen LogP contribution in [-0.4, -0.2) is 19.5 Å². The standard InChI is InChI=1S/C20H17NO3/c1-3-12-24-18-10-6-4-8-15(18)13-16(14-21)20(22)17-9-5-7-11-19(17)23-2/h3-11,13H,1,12H2,2H3/b16-13+. The van der Waals surface area contributed by atoms with Crippen molar-refractivity contribution in [1.82, 2.24) is 0 Å². The van der Waals surface area contributed by atoms with Crippen molar-refractivity contribution < 1.29 is 14.3 Å². The van der Waals surface area contributed by atoms with Crippen molar-refractivity contribution in [3.05, 3.63) is 77.9 Å². The van der Waals surface area contributed by atoms with Crippen LogP contribution >= 0.6 is 0 Å². The van der Waals surface area contributed by atoms with Gasteiger partial charge in [0.15, 0.2) is 0 Å². The third-order valence-corrected chi connectivity index (χ3v) is 3.29. The highest BCUT2D eigenvalue weighted by Gasteiger charge is 2.17. The monoisotopic (exact) mass is 319 g/mol. The molecule has 0 aliphatic heterocycles. The Labute approximate surface area is 141 Å². The number of benzene rings is 2. The van der Waals surface area contributed by atoms with Crippen LogP contribution in [0, 0.1) is 11.3 Å². The zero-order valence-corrected chi connectivity index (χ0v) is 13.4. The second kappa shape index (κ2) is 8.35. The molecule has 0 saturated carbocycles. The number of methoxy groups -OCH3 is 1. The summed E-state index contributed by atoms with van der Waals surface area (Å²) >= 11 is 0. The van der Waals surface area contributed by atoms with Crippen molar-refractivity contribution in [2.24, 2.45) is 0 Å². The third-order valence-electron chi connectivity index (χ3n) is 3.29. The van der Waals surface area contributed by atoms with Gasteiger partial charge in [-0.1, -0.05) is 43.0 Å². The van der Waals surface area contributed by atoms with Crippen LogP contribution in [0.2, 0.25) is 0 Å². The van der Waals surface area contributed by atoms with Crippen molar-refractivity contribution in [3.63, 3.8) is 0 Å². The van der Waals surface area contributed by atoms with Gasteiger partial charge in [-0.3, -0.25) is 4.79 Å². The Hall–Kier alpha value is -3.32. The zero-order valence-electron chi connectivity index (χ0n) is 13.4. The van der Waals surface area contributed by atoms with Crippen molar-refractivity contribution in [3.8, 4) is 17.6 Å². The lowest BCUT2D eigenvalue weighted by Gasteiger charge is -2.08. The largest absolute Gasteiger partial charge is 0.496 e. The number of ether oxygens (including phenoxy) is 2. The van der Waals surface area contributed by atoms with Crippen molar-refractivity contribution in [2.45, 2.75) is 0 Å². The van der Waals surface area contributed by atoms with Crippen LogP contribution in [0.4, 0.5) is 0 Å². The Bertz CT molecular complexity index is 816. The van der Waals surface area contributed by atoms with Crippen LogP contribution < -0.4 is 9.47 Å². The van der Waals surface area contributed by atoms with Gasteiger partial charge >= 0.3 is 0 Å². The Kier molecular flexibility index (Phi) is 5.93. The Balaban J connectivity index is 2.42. The molecule has 120 valence electrons. The van der Waals surface area contributed by atoms with Gasteiger partial charge in [0.2, 0.25) is 5.78 Å². The van der Waals surface area contributed by atoms with Gasteiger partial charge in [0.25, 0.3) is 0 Å². The fourth-order valence-electron chi connectivity index (χ4n) is 2.16. The lowest BCUT2D eigenvalue weighted by atomic mass is 10.0. The number of hydrogen-bond acceptors (Lipinski definition) is 4. The number of Topliss-reactive ketones (excluding diaryl/α,β-unsaturated/α-hetero) is 1. The van der Waals surface area contributed by atoms with Crippen LogP contribution in [0.25, 0.3) is 6.08 Å². The lowest BCUT2D eigenvalue weighted by molar-refractivity contribution is 0.103. The van der Waals surface area contributed by atoms with Crippen LogP contribution in [0.5, 0.6) is 11.5 Å². The van der Waals surface area contributed by atoms with Gasteiger partial charge in [-0.15, -0.1) is 0 Å². The topological polar surface area (TPSA) is 59.3 Å². The minimum atomic E-state index is -0.395. The molecule has 0 saturated heterocycles. The molecule has 0 unspecified atom stereocenters. The number of hydrogen-bond donors (Lipinski definition) is 0. The number of nitrogens with zero attached hydrogens (tertiary/aromatic N) is 1. The maximum Gasteiger partial charge on any atom is 0.207 e. The second-order valence-electron chi connectivity index (χ2n) is 4.84. The summed E-state index contributed by atoms with van der Waals surface area (Å²) in [6.45, 7) is 3.95. The minimum absolute atomic E-state index is 0.00848. The van der Waals surface area contributed by atoms with E-state index < -0.39 is 5.78 Å². The number of ketones is 1. The van der Waals surface area contributed by atoms with E-state index in [-0.39, 0.29) is 5.57 Å². The smallest absolute Gasteiger partial charge is 0.207 e. The van der Waals surface area contributed by atoms with E-state index in [1.54, 1.807) is 42.5 Å². The van der Waals surface area contributed by atoms with Gasteiger partial charge < -0.3 is 9.47 Å². The van der Waals surface area contributed by atoms with Gasteiger partial charge in [0.05, 0.1) is 12.7 Å². The molecule has 0 amide bonds. The summed E-state index contributed by atoms with van der Waals surface area (Å²) < 4.78 is 10.7. The highest BCUT2D eigenvalue weighted by atomic mass is 16.5. The Morgan fingerprint density at radius 3 is 2.50 bits per heavy atom. The molecular formula is C20H17NO3.